The predicted molar refractivity (Wildman–Crippen MR) is 104 cm³/mol. The number of carbonyl (C=O) groups excluding carboxylic acids is 2. The highest BCUT2D eigenvalue weighted by molar-refractivity contribution is 9.10. The third kappa shape index (κ3) is 5.33. The minimum absolute atomic E-state index is 0.114. The van der Waals surface area contributed by atoms with Gasteiger partial charge in [0.1, 0.15) is 0 Å². The summed E-state index contributed by atoms with van der Waals surface area (Å²) < 4.78 is 11.3. The molecular weight excluding hydrogens is 398 g/mol. The number of carbonyl (C=O) groups is 2. The van der Waals surface area contributed by atoms with Crippen LogP contribution in [0.5, 0.6) is 11.5 Å². The van der Waals surface area contributed by atoms with E-state index in [-0.39, 0.29) is 30.6 Å². The summed E-state index contributed by atoms with van der Waals surface area (Å²) in [5.74, 6) is 0.781. The van der Waals surface area contributed by atoms with Crippen molar-refractivity contribution in [2.45, 2.75) is 25.8 Å². The number of methoxy groups -OCH3 is 2. The highest BCUT2D eigenvalue weighted by Crippen LogP contribution is 2.28. The maximum Gasteiger partial charge on any atom is 0.220 e. The number of halogens is 1. The van der Waals surface area contributed by atoms with Crippen LogP contribution < -0.4 is 14.8 Å². The summed E-state index contributed by atoms with van der Waals surface area (Å²) in [4.78, 5) is 24.5. The van der Waals surface area contributed by atoms with Crippen LogP contribution in [0, 0.1) is 0 Å². The van der Waals surface area contributed by atoms with Crippen LogP contribution in [0.15, 0.2) is 46.9 Å². The molecule has 1 atom stereocenters. The lowest BCUT2D eigenvalue weighted by Gasteiger charge is -2.14. The number of ketones is 1. The van der Waals surface area contributed by atoms with Crippen molar-refractivity contribution in [3.63, 3.8) is 0 Å². The molecule has 0 aliphatic carbocycles. The monoisotopic (exact) mass is 419 g/mol. The van der Waals surface area contributed by atoms with Crippen molar-refractivity contribution in [3.8, 4) is 11.5 Å². The van der Waals surface area contributed by atoms with E-state index in [2.05, 4.69) is 21.2 Å². The van der Waals surface area contributed by atoms with E-state index < -0.39 is 0 Å². The molecule has 6 heteroatoms. The van der Waals surface area contributed by atoms with Crippen LogP contribution in [0.2, 0.25) is 0 Å². The average molecular weight is 420 g/mol. The summed E-state index contributed by atoms with van der Waals surface area (Å²) >= 11 is 3.39. The van der Waals surface area contributed by atoms with E-state index in [9.17, 15) is 9.59 Å². The van der Waals surface area contributed by atoms with Gasteiger partial charge in [-0.1, -0.05) is 28.1 Å². The molecule has 0 fully saturated rings. The SMILES string of the molecule is COc1ccc(C(=O)CCC(=O)NC(C)c2ccc(Br)cc2)cc1OC. The second kappa shape index (κ2) is 9.38. The minimum Gasteiger partial charge on any atom is -0.493 e. The van der Waals surface area contributed by atoms with Gasteiger partial charge in [0.05, 0.1) is 20.3 Å². The third-order valence-electron chi connectivity index (χ3n) is 4.03. The number of hydrogen-bond acceptors (Lipinski definition) is 4. The lowest BCUT2D eigenvalue weighted by Crippen LogP contribution is -2.26. The minimum atomic E-state index is -0.158. The second-order valence-corrected chi connectivity index (χ2v) is 6.75. The molecule has 1 unspecified atom stereocenters. The molecule has 0 aliphatic heterocycles. The maximum absolute atomic E-state index is 12.3. The molecule has 0 saturated heterocycles. The molecule has 1 N–H and O–H groups in total. The van der Waals surface area contributed by atoms with Crippen molar-refractivity contribution < 1.29 is 19.1 Å². The van der Waals surface area contributed by atoms with Gasteiger partial charge in [-0.15, -0.1) is 0 Å². The Balaban J connectivity index is 1.90. The van der Waals surface area contributed by atoms with Gasteiger partial charge in [0.25, 0.3) is 0 Å². The van der Waals surface area contributed by atoms with Crippen LogP contribution >= 0.6 is 15.9 Å². The molecule has 1 amide bonds. The van der Waals surface area contributed by atoms with Gasteiger partial charge in [-0.2, -0.15) is 0 Å². The zero-order valence-corrected chi connectivity index (χ0v) is 16.6. The van der Waals surface area contributed by atoms with E-state index in [0.717, 1.165) is 10.0 Å². The van der Waals surface area contributed by atoms with Crippen molar-refractivity contribution in [1.82, 2.24) is 5.32 Å². The quantitative estimate of drug-likeness (QED) is 0.647. The Kier molecular flexibility index (Phi) is 7.21. The summed E-state index contributed by atoms with van der Waals surface area (Å²) in [6, 6.07) is 12.6. The van der Waals surface area contributed by atoms with Crippen LogP contribution in [-0.4, -0.2) is 25.9 Å². The Morgan fingerprint density at radius 1 is 1.00 bits per heavy atom. The van der Waals surface area contributed by atoms with Gasteiger partial charge in [0.15, 0.2) is 17.3 Å². The van der Waals surface area contributed by atoms with Gasteiger partial charge < -0.3 is 14.8 Å². The molecule has 26 heavy (non-hydrogen) atoms. The number of nitrogens with one attached hydrogen (secondary N) is 1. The Bertz CT molecular complexity index is 774. The summed E-state index contributed by atoms with van der Waals surface area (Å²) in [7, 11) is 3.05. The fourth-order valence-electron chi connectivity index (χ4n) is 2.53. The lowest BCUT2D eigenvalue weighted by atomic mass is 10.0. The largest absolute Gasteiger partial charge is 0.493 e. The predicted octanol–water partition coefficient (Wildman–Crippen LogP) is 4.31. The first-order valence-corrected chi connectivity index (χ1v) is 9.04. The van der Waals surface area contributed by atoms with Crippen LogP contribution in [0.3, 0.4) is 0 Å². The molecule has 0 saturated carbocycles. The van der Waals surface area contributed by atoms with Crippen molar-refractivity contribution in [2.24, 2.45) is 0 Å². The second-order valence-electron chi connectivity index (χ2n) is 5.83. The Labute approximate surface area is 161 Å². The van der Waals surface area contributed by atoms with Gasteiger partial charge in [-0.3, -0.25) is 9.59 Å². The summed E-state index contributed by atoms with van der Waals surface area (Å²) in [5.41, 5.74) is 1.50. The first kappa shape index (κ1) is 20.0. The fraction of sp³-hybridized carbons (Fsp3) is 0.300. The summed E-state index contributed by atoms with van der Waals surface area (Å²) in [6.07, 6.45) is 0.266. The van der Waals surface area contributed by atoms with Crippen molar-refractivity contribution in [2.75, 3.05) is 14.2 Å². The van der Waals surface area contributed by atoms with Gasteiger partial charge in [0, 0.05) is 22.9 Å². The zero-order chi connectivity index (χ0) is 19.1. The molecule has 5 nitrogen and oxygen atoms in total. The van der Waals surface area contributed by atoms with E-state index in [1.807, 2.05) is 31.2 Å². The fourth-order valence-corrected chi connectivity index (χ4v) is 2.79. The highest BCUT2D eigenvalue weighted by Gasteiger charge is 2.14. The lowest BCUT2D eigenvalue weighted by molar-refractivity contribution is -0.121. The highest BCUT2D eigenvalue weighted by atomic mass is 79.9. The van der Waals surface area contributed by atoms with E-state index in [0.29, 0.717) is 17.1 Å². The molecule has 0 bridgehead atoms. The standard InChI is InChI=1S/C20H22BrNO4/c1-13(14-4-7-16(21)8-5-14)22-20(24)11-9-17(23)15-6-10-18(25-2)19(12-15)26-3/h4-8,10,12-13H,9,11H2,1-3H3,(H,22,24). The average Bonchev–Trinajstić information content (AvgIpc) is 2.65. The third-order valence-corrected chi connectivity index (χ3v) is 4.56. The molecule has 2 aromatic carbocycles. The molecule has 0 heterocycles. The summed E-state index contributed by atoms with van der Waals surface area (Å²) in [5, 5.41) is 2.91. The van der Waals surface area contributed by atoms with E-state index in [1.165, 1.54) is 14.2 Å². The van der Waals surface area contributed by atoms with Gasteiger partial charge in [-0.25, -0.2) is 0 Å². The Morgan fingerprint density at radius 3 is 2.27 bits per heavy atom. The van der Waals surface area contributed by atoms with E-state index in [4.69, 9.17) is 9.47 Å². The molecule has 0 spiro atoms. The number of rotatable bonds is 8. The van der Waals surface area contributed by atoms with Gasteiger partial charge in [-0.05, 0) is 42.8 Å². The first-order chi connectivity index (χ1) is 12.4. The number of hydrogen-bond donors (Lipinski definition) is 1. The molecule has 2 aromatic rings. The van der Waals surface area contributed by atoms with Gasteiger partial charge in [0.2, 0.25) is 5.91 Å². The van der Waals surface area contributed by atoms with Crippen LogP contribution in [0.1, 0.15) is 41.7 Å². The summed E-state index contributed by atoms with van der Waals surface area (Å²) in [6.45, 7) is 1.91. The number of ether oxygens (including phenoxy) is 2. The van der Waals surface area contributed by atoms with Crippen molar-refractivity contribution >= 4 is 27.6 Å². The Morgan fingerprint density at radius 2 is 1.65 bits per heavy atom. The van der Waals surface area contributed by atoms with E-state index >= 15 is 0 Å². The van der Waals surface area contributed by atoms with Crippen LogP contribution in [0.25, 0.3) is 0 Å². The number of benzene rings is 2. The van der Waals surface area contributed by atoms with Crippen LogP contribution in [0.4, 0.5) is 0 Å². The maximum atomic E-state index is 12.3. The van der Waals surface area contributed by atoms with Crippen molar-refractivity contribution in [1.29, 1.82) is 0 Å². The first-order valence-electron chi connectivity index (χ1n) is 8.24. The number of amides is 1. The molecular formula is C20H22BrNO4. The molecule has 0 aromatic heterocycles. The topological polar surface area (TPSA) is 64.6 Å². The normalized spacial score (nSPS) is 11.5. The smallest absolute Gasteiger partial charge is 0.220 e. The molecule has 2 rings (SSSR count). The van der Waals surface area contributed by atoms with Crippen molar-refractivity contribution in [3.05, 3.63) is 58.1 Å². The zero-order valence-electron chi connectivity index (χ0n) is 15.0. The number of Topliss-reactive ketones (excluding diaryl/α,β-unsaturated/α-hetero) is 1. The Hall–Kier alpha value is -2.34. The molecule has 0 radical (unpaired) electrons. The van der Waals surface area contributed by atoms with E-state index in [1.54, 1.807) is 18.2 Å². The molecule has 0 aliphatic rings. The van der Waals surface area contributed by atoms with Crippen LogP contribution in [-0.2, 0) is 4.79 Å². The molecule has 138 valence electrons. The van der Waals surface area contributed by atoms with Gasteiger partial charge >= 0.3 is 0 Å².